The fourth-order valence-electron chi connectivity index (χ4n) is 1.32. The Morgan fingerprint density at radius 1 is 0.789 bits per heavy atom. The first kappa shape index (κ1) is 18.3. The molecule has 0 atom stereocenters. The molecule has 0 unspecified atom stereocenters. The molecule has 0 saturated carbocycles. The molecule has 0 heterocycles. The molecule has 0 rings (SSSR count). The van der Waals surface area contributed by atoms with Crippen LogP contribution < -0.4 is 0 Å². The molecule has 0 aromatic heterocycles. The Morgan fingerprint density at radius 2 is 1.26 bits per heavy atom. The average molecular weight is 284 g/mol. The molecule has 0 aliphatic heterocycles. The van der Waals surface area contributed by atoms with E-state index in [0.717, 1.165) is 19.3 Å². The van der Waals surface area contributed by atoms with Crippen molar-refractivity contribution >= 4 is 8.80 Å². The van der Waals surface area contributed by atoms with Gasteiger partial charge in [0, 0.05) is 19.8 Å². The summed E-state index contributed by atoms with van der Waals surface area (Å²) < 4.78 is 17.7. The fourth-order valence-corrected chi connectivity index (χ4v) is 3.67. The summed E-state index contributed by atoms with van der Waals surface area (Å²) in [6, 6.07) is 0. The largest absolute Gasteiger partial charge is 0.529 e. The van der Waals surface area contributed by atoms with Gasteiger partial charge in [-0.15, -0.1) is 0 Å². The zero-order chi connectivity index (χ0) is 14.4. The van der Waals surface area contributed by atoms with Crippen LogP contribution in [0.5, 0.6) is 0 Å². The van der Waals surface area contributed by atoms with Crippen molar-refractivity contribution in [2.75, 3.05) is 19.8 Å². The zero-order valence-electron chi connectivity index (χ0n) is 12.6. The monoisotopic (exact) mass is 284 g/mol. The van der Waals surface area contributed by atoms with Crippen molar-refractivity contribution in [1.82, 2.24) is 0 Å². The van der Waals surface area contributed by atoms with Gasteiger partial charge in [0.2, 0.25) is 0 Å². The van der Waals surface area contributed by atoms with Crippen LogP contribution in [0.4, 0.5) is 0 Å². The third kappa shape index (κ3) is 8.94. The maximum Gasteiger partial charge on any atom is 0.529 e. The van der Waals surface area contributed by atoms with Crippen molar-refractivity contribution in [3.63, 3.8) is 0 Å². The summed E-state index contributed by atoms with van der Waals surface area (Å²) >= 11 is 0. The molecule has 0 bridgehead atoms. The quantitative estimate of drug-likeness (QED) is 0.400. The Bertz CT molecular complexity index is 253. The summed E-state index contributed by atoms with van der Waals surface area (Å²) in [6.45, 7) is 11.9. The highest BCUT2D eigenvalue weighted by Gasteiger charge is 2.37. The average Bonchev–Trinajstić information content (AvgIpc) is 2.44. The highest BCUT2D eigenvalue weighted by atomic mass is 28.4. The number of allylic oxidation sites excluding steroid dienone is 4. The van der Waals surface area contributed by atoms with E-state index in [4.69, 9.17) is 13.3 Å². The minimum Gasteiger partial charge on any atom is -0.370 e. The van der Waals surface area contributed by atoms with Crippen molar-refractivity contribution in [2.45, 2.75) is 40.0 Å². The van der Waals surface area contributed by atoms with E-state index in [1.165, 1.54) is 0 Å². The van der Waals surface area contributed by atoms with E-state index in [1.807, 2.05) is 23.9 Å². The predicted octanol–water partition coefficient (Wildman–Crippen LogP) is 4.04. The van der Waals surface area contributed by atoms with E-state index in [-0.39, 0.29) is 0 Å². The van der Waals surface area contributed by atoms with Crippen molar-refractivity contribution in [1.29, 1.82) is 0 Å². The molecule has 0 aliphatic carbocycles. The van der Waals surface area contributed by atoms with Gasteiger partial charge in [-0.1, -0.05) is 51.7 Å². The van der Waals surface area contributed by atoms with Crippen LogP contribution in [0.3, 0.4) is 0 Å². The minimum atomic E-state index is -2.67. The maximum atomic E-state index is 5.91. The summed E-state index contributed by atoms with van der Waals surface area (Å²) in [5.41, 5.74) is 1.95. The molecule has 0 aliphatic rings. The van der Waals surface area contributed by atoms with Crippen LogP contribution in [-0.2, 0) is 13.3 Å². The molecule has 0 fully saturated rings. The van der Waals surface area contributed by atoms with Crippen LogP contribution in [0, 0.1) is 0 Å². The molecule has 0 aromatic rings. The highest BCUT2D eigenvalue weighted by Crippen LogP contribution is 2.14. The summed E-state index contributed by atoms with van der Waals surface area (Å²) in [5.74, 6) is 0. The Labute approximate surface area is 119 Å². The van der Waals surface area contributed by atoms with Gasteiger partial charge in [-0.3, -0.25) is 0 Å². The molecule has 0 amide bonds. The molecule has 0 spiro atoms. The lowest BCUT2D eigenvalue weighted by molar-refractivity contribution is 0.0716. The lowest BCUT2D eigenvalue weighted by atomic mass is 10.5. The van der Waals surface area contributed by atoms with Gasteiger partial charge < -0.3 is 13.3 Å². The van der Waals surface area contributed by atoms with E-state index < -0.39 is 8.80 Å². The third-order valence-corrected chi connectivity index (χ3v) is 4.60. The van der Waals surface area contributed by atoms with Gasteiger partial charge in [0.1, 0.15) is 0 Å². The Balaban J connectivity index is 4.79. The number of hydrogen-bond acceptors (Lipinski definition) is 3. The normalized spacial score (nSPS) is 12.6. The first-order valence-electron chi connectivity index (χ1n) is 7.13. The van der Waals surface area contributed by atoms with E-state index in [1.54, 1.807) is 6.08 Å². The van der Waals surface area contributed by atoms with Gasteiger partial charge in [0.05, 0.1) is 0 Å². The van der Waals surface area contributed by atoms with Gasteiger partial charge >= 0.3 is 8.80 Å². The fraction of sp³-hybridized carbons (Fsp3) is 0.600. The Kier molecular flexibility index (Phi) is 11.9. The summed E-state index contributed by atoms with van der Waals surface area (Å²) in [7, 11) is -2.67. The van der Waals surface area contributed by atoms with Crippen molar-refractivity contribution in [3.8, 4) is 0 Å². The lowest BCUT2D eigenvalue weighted by Crippen LogP contribution is -2.45. The molecule has 4 heteroatoms. The van der Waals surface area contributed by atoms with E-state index in [0.29, 0.717) is 19.8 Å². The molecule has 3 nitrogen and oxygen atoms in total. The van der Waals surface area contributed by atoms with Gasteiger partial charge in [0.15, 0.2) is 0 Å². The first-order valence-corrected chi connectivity index (χ1v) is 8.93. The summed E-state index contributed by atoms with van der Waals surface area (Å²) in [4.78, 5) is 0. The second kappa shape index (κ2) is 12.4. The van der Waals surface area contributed by atoms with Crippen LogP contribution in [0.25, 0.3) is 0 Å². The molecule has 19 heavy (non-hydrogen) atoms. The highest BCUT2D eigenvalue weighted by molar-refractivity contribution is 6.66. The van der Waals surface area contributed by atoms with Gasteiger partial charge in [-0.25, -0.2) is 0 Å². The third-order valence-electron chi connectivity index (χ3n) is 2.18. The number of rotatable bonds is 12. The Morgan fingerprint density at radius 3 is 1.63 bits per heavy atom. The molecule has 0 N–H and O–H groups in total. The van der Waals surface area contributed by atoms with Crippen LogP contribution in [-0.4, -0.2) is 28.6 Å². The first-order chi connectivity index (χ1) is 9.24. The van der Waals surface area contributed by atoms with Crippen LogP contribution in [0.1, 0.15) is 40.0 Å². The van der Waals surface area contributed by atoms with Crippen molar-refractivity contribution in [2.24, 2.45) is 0 Å². The Hall–Kier alpha value is -0.683. The molecule has 0 saturated heterocycles. The van der Waals surface area contributed by atoms with Crippen LogP contribution in [0.15, 0.2) is 36.6 Å². The maximum absolute atomic E-state index is 5.91. The second-order valence-corrected chi connectivity index (χ2v) is 6.54. The van der Waals surface area contributed by atoms with Gasteiger partial charge in [0.25, 0.3) is 0 Å². The van der Waals surface area contributed by atoms with Crippen LogP contribution >= 0.6 is 0 Å². The van der Waals surface area contributed by atoms with E-state index in [9.17, 15) is 0 Å². The summed E-state index contributed by atoms with van der Waals surface area (Å²) in [5, 5.41) is 0. The molecular formula is C15H28O3Si. The van der Waals surface area contributed by atoms with Gasteiger partial charge in [-0.2, -0.15) is 0 Å². The molecule has 110 valence electrons. The second-order valence-electron chi connectivity index (χ2n) is 4.13. The van der Waals surface area contributed by atoms with Gasteiger partial charge in [-0.05, 0) is 25.0 Å². The molecule has 0 aromatic carbocycles. The van der Waals surface area contributed by atoms with E-state index >= 15 is 0 Å². The van der Waals surface area contributed by atoms with E-state index in [2.05, 4.69) is 27.4 Å². The topological polar surface area (TPSA) is 27.7 Å². The van der Waals surface area contributed by atoms with Crippen molar-refractivity contribution < 1.29 is 13.3 Å². The lowest BCUT2D eigenvalue weighted by Gasteiger charge is -2.26. The van der Waals surface area contributed by atoms with Crippen LogP contribution in [0.2, 0.25) is 0 Å². The smallest absolute Gasteiger partial charge is 0.370 e. The zero-order valence-corrected chi connectivity index (χ0v) is 13.6. The minimum absolute atomic E-state index is 0.662. The predicted molar refractivity (Wildman–Crippen MR) is 83.0 cm³/mol. The molecule has 0 radical (unpaired) electrons. The molecular weight excluding hydrogens is 256 g/mol. The SMILES string of the molecule is C=CC=CC=C[Si](OCCC)(OCCC)OCCC. The number of hydrogen-bond donors (Lipinski definition) is 0. The summed E-state index contributed by atoms with van der Waals surface area (Å²) in [6.07, 6.45) is 10.3. The van der Waals surface area contributed by atoms with Crippen molar-refractivity contribution in [3.05, 3.63) is 36.6 Å². The standard InChI is InChI=1S/C15H28O3Si/c1-5-9-10-11-15-19(16-12-6-2,17-13-7-3)18-14-8-4/h5,9-11,15H,1,6-8,12-14H2,2-4H3.